The van der Waals surface area contributed by atoms with Crippen molar-refractivity contribution < 1.29 is 5.11 Å². The highest BCUT2D eigenvalue weighted by Gasteiger charge is 2.22. The van der Waals surface area contributed by atoms with Gasteiger partial charge < -0.3 is 15.4 Å². The summed E-state index contributed by atoms with van der Waals surface area (Å²) in [5.74, 6) is 0.308. The maximum Gasteiger partial charge on any atom is 0.326 e. The van der Waals surface area contributed by atoms with E-state index in [1.54, 1.807) is 0 Å². The average Bonchev–Trinajstić information content (AvgIpc) is 3.09. The number of aromatic hydroxyl groups is 1. The monoisotopic (exact) mass is 300 g/mol. The fourth-order valence-corrected chi connectivity index (χ4v) is 2.25. The quantitative estimate of drug-likeness (QED) is 0.488. The molecule has 0 aliphatic heterocycles. The molecule has 0 aromatic carbocycles. The Labute approximate surface area is 122 Å². The van der Waals surface area contributed by atoms with Crippen molar-refractivity contribution in [2.24, 2.45) is 0 Å². The summed E-state index contributed by atoms with van der Waals surface area (Å²) in [7, 11) is 0. The van der Waals surface area contributed by atoms with Crippen LogP contribution in [-0.4, -0.2) is 35.7 Å². The van der Waals surface area contributed by atoms with Crippen LogP contribution >= 0.6 is 0 Å². The predicted octanol–water partition coefficient (Wildman–Crippen LogP) is -1.07. The third-order valence-electron chi connectivity index (χ3n) is 3.44. The SMILES string of the molecule is O=c1cc(NC2CC2)n2nc/c(=C/c3[nH]c(=O)[nH]c3O)c2n1. The van der Waals surface area contributed by atoms with Gasteiger partial charge in [-0.15, -0.1) is 0 Å². The number of H-pyrrole nitrogens is 2. The Morgan fingerprint density at radius 3 is 2.86 bits per heavy atom. The second kappa shape index (κ2) is 4.45. The Kier molecular flexibility index (Phi) is 2.55. The first-order valence-electron chi connectivity index (χ1n) is 6.78. The Balaban J connectivity index is 1.92. The molecule has 0 saturated heterocycles. The fourth-order valence-electron chi connectivity index (χ4n) is 2.25. The number of fused-ring (bicyclic) bond motifs is 1. The minimum absolute atomic E-state index is 0.203. The standard InChI is InChI=1S/C13H12N6O3/c20-10-4-9(15-7-1-2-7)19-11(17-10)6(5-14-19)3-8-12(21)18-13(22)16-8/h3-5,7,15,21H,1-2H2,(H2,16,18,22)/b6-3-. The molecule has 1 aliphatic rings. The molecular formula is C13H12N6O3. The predicted molar refractivity (Wildman–Crippen MR) is 77.8 cm³/mol. The van der Waals surface area contributed by atoms with Crippen LogP contribution < -0.4 is 21.8 Å². The van der Waals surface area contributed by atoms with Gasteiger partial charge in [-0.05, 0) is 18.9 Å². The van der Waals surface area contributed by atoms with E-state index in [-0.39, 0.29) is 17.1 Å². The van der Waals surface area contributed by atoms with E-state index < -0.39 is 5.69 Å². The highest BCUT2D eigenvalue weighted by atomic mass is 16.3. The zero-order valence-electron chi connectivity index (χ0n) is 11.3. The molecule has 3 aromatic heterocycles. The second-order valence-electron chi connectivity index (χ2n) is 5.22. The van der Waals surface area contributed by atoms with E-state index in [2.05, 4.69) is 25.4 Å². The summed E-state index contributed by atoms with van der Waals surface area (Å²) in [6, 6.07) is 1.77. The van der Waals surface area contributed by atoms with E-state index in [0.717, 1.165) is 12.8 Å². The number of aromatic nitrogens is 5. The molecule has 3 heterocycles. The van der Waals surface area contributed by atoms with Gasteiger partial charge in [0.2, 0.25) is 5.88 Å². The molecule has 1 aliphatic carbocycles. The van der Waals surface area contributed by atoms with Crippen LogP contribution in [0.2, 0.25) is 0 Å². The lowest BCUT2D eigenvalue weighted by molar-refractivity contribution is 0.454. The molecule has 0 unspecified atom stereocenters. The lowest BCUT2D eigenvalue weighted by atomic mass is 10.3. The van der Waals surface area contributed by atoms with Crippen LogP contribution in [0.15, 0.2) is 21.9 Å². The van der Waals surface area contributed by atoms with Gasteiger partial charge in [0.1, 0.15) is 11.5 Å². The number of hydrogen-bond acceptors (Lipinski definition) is 6. The van der Waals surface area contributed by atoms with Gasteiger partial charge in [-0.2, -0.15) is 14.6 Å². The normalized spacial score (nSPS) is 15.5. The molecule has 22 heavy (non-hydrogen) atoms. The number of rotatable bonds is 3. The lowest BCUT2D eigenvalue weighted by Gasteiger charge is -2.05. The van der Waals surface area contributed by atoms with Crippen molar-refractivity contribution in [3.05, 3.63) is 44.0 Å². The van der Waals surface area contributed by atoms with Crippen molar-refractivity contribution >= 4 is 17.5 Å². The van der Waals surface area contributed by atoms with Gasteiger partial charge in [0.15, 0.2) is 5.65 Å². The van der Waals surface area contributed by atoms with E-state index >= 15 is 0 Å². The third-order valence-corrected chi connectivity index (χ3v) is 3.44. The number of hydrogen-bond donors (Lipinski definition) is 4. The smallest absolute Gasteiger partial charge is 0.326 e. The number of imidazole rings is 1. The molecule has 112 valence electrons. The molecule has 9 nitrogen and oxygen atoms in total. The van der Waals surface area contributed by atoms with Crippen LogP contribution in [-0.2, 0) is 0 Å². The van der Waals surface area contributed by atoms with Gasteiger partial charge in [0.05, 0.1) is 6.20 Å². The summed E-state index contributed by atoms with van der Waals surface area (Å²) in [6.07, 6.45) is 5.15. The minimum atomic E-state index is -0.520. The Hall–Kier alpha value is -3.10. The van der Waals surface area contributed by atoms with Crippen LogP contribution in [0, 0.1) is 0 Å². The van der Waals surface area contributed by atoms with E-state index in [4.69, 9.17) is 0 Å². The average molecular weight is 300 g/mol. The van der Waals surface area contributed by atoms with Gasteiger partial charge in [-0.25, -0.2) is 4.79 Å². The van der Waals surface area contributed by atoms with Crippen LogP contribution in [0.1, 0.15) is 18.5 Å². The molecular weight excluding hydrogens is 288 g/mol. The van der Waals surface area contributed by atoms with Crippen molar-refractivity contribution in [1.29, 1.82) is 0 Å². The molecule has 0 radical (unpaired) electrons. The van der Waals surface area contributed by atoms with Gasteiger partial charge >= 0.3 is 5.69 Å². The van der Waals surface area contributed by atoms with Crippen LogP contribution in [0.25, 0.3) is 11.7 Å². The highest BCUT2D eigenvalue weighted by Crippen LogP contribution is 2.23. The summed E-state index contributed by atoms with van der Waals surface area (Å²) >= 11 is 0. The molecule has 1 fully saturated rings. The van der Waals surface area contributed by atoms with Crippen molar-refractivity contribution in [2.75, 3.05) is 5.32 Å². The first-order valence-corrected chi connectivity index (χ1v) is 6.78. The molecule has 0 atom stereocenters. The fraction of sp³-hybridized carbons (Fsp3) is 0.231. The number of nitrogens with one attached hydrogen (secondary N) is 3. The lowest BCUT2D eigenvalue weighted by Crippen LogP contribution is -2.16. The van der Waals surface area contributed by atoms with Gasteiger partial charge in [-0.1, -0.05) is 0 Å². The molecule has 3 aromatic rings. The molecule has 1 saturated carbocycles. The summed E-state index contributed by atoms with van der Waals surface area (Å²) in [4.78, 5) is 31.5. The Bertz CT molecular complexity index is 1030. The Morgan fingerprint density at radius 1 is 1.36 bits per heavy atom. The molecule has 4 N–H and O–H groups in total. The molecule has 0 amide bonds. The van der Waals surface area contributed by atoms with Gasteiger partial charge in [0.25, 0.3) is 5.56 Å². The summed E-state index contributed by atoms with van der Waals surface area (Å²) in [6.45, 7) is 0. The zero-order valence-corrected chi connectivity index (χ0v) is 11.3. The number of aromatic amines is 2. The van der Waals surface area contributed by atoms with E-state index in [1.165, 1.54) is 22.9 Å². The van der Waals surface area contributed by atoms with E-state index in [9.17, 15) is 14.7 Å². The number of nitrogens with zero attached hydrogens (tertiary/aromatic N) is 3. The van der Waals surface area contributed by atoms with Crippen molar-refractivity contribution in [2.45, 2.75) is 18.9 Å². The first-order chi connectivity index (χ1) is 10.6. The first kappa shape index (κ1) is 12.6. The molecule has 9 heteroatoms. The molecule has 4 rings (SSSR count). The maximum absolute atomic E-state index is 11.8. The van der Waals surface area contributed by atoms with Crippen LogP contribution in [0.4, 0.5) is 5.82 Å². The number of anilines is 1. The van der Waals surface area contributed by atoms with Crippen LogP contribution in [0.3, 0.4) is 0 Å². The molecule has 0 bridgehead atoms. The zero-order chi connectivity index (χ0) is 15.3. The van der Waals surface area contributed by atoms with E-state index in [0.29, 0.717) is 22.7 Å². The minimum Gasteiger partial charge on any atom is -0.493 e. The van der Waals surface area contributed by atoms with Gasteiger partial charge in [-0.3, -0.25) is 9.78 Å². The van der Waals surface area contributed by atoms with Gasteiger partial charge in [0, 0.05) is 17.3 Å². The largest absolute Gasteiger partial charge is 0.493 e. The maximum atomic E-state index is 11.8. The second-order valence-corrected chi connectivity index (χ2v) is 5.22. The topological polar surface area (TPSA) is 128 Å². The third kappa shape index (κ3) is 2.12. The van der Waals surface area contributed by atoms with Crippen molar-refractivity contribution in [1.82, 2.24) is 24.6 Å². The summed E-state index contributed by atoms with van der Waals surface area (Å²) < 4.78 is 1.54. The van der Waals surface area contributed by atoms with Crippen molar-refractivity contribution in [3.8, 4) is 5.88 Å². The summed E-state index contributed by atoms with van der Waals surface area (Å²) in [5, 5.41) is 17.6. The Morgan fingerprint density at radius 2 is 2.18 bits per heavy atom. The molecule has 0 spiro atoms. The van der Waals surface area contributed by atoms with E-state index in [1.807, 2.05) is 0 Å². The highest BCUT2D eigenvalue weighted by molar-refractivity contribution is 5.58. The van der Waals surface area contributed by atoms with Crippen molar-refractivity contribution in [3.63, 3.8) is 0 Å². The summed E-state index contributed by atoms with van der Waals surface area (Å²) in [5.41, 5.74) is -0.335. The van der Waals surface area contributed by atoms with Crippen LogP contribution in [0.5, 0.6) is 5.88 Å².